The Kier molecular flexibility index (Phi) is 7.66. The third-order valence-electron chi connectivity index (χ3n) is 1.73. The van der Waals surface area contributed by atoms with Gasteiger partial charge in [-0.3, -0.25) is 15.0 Å². The Morgan fingerprint density at radius 3 is 2.65 bits per heavy atom. The molecule has 96 valence electrons. The van der Waals surface area contributed by atoms with Crippen LogP contribution in [0.15, 0.2) is 24.4 Å². The number of rotatable bonds is 7. The normalized spacial score (nSPS) is 11.2. The van der Waals surface area contributed by atoms with Crippen molar-refractivity contribution in [1.82, 2.24) is 10.2 Å². The number of hydrogen-bond donors (Lipinski definition) is 2. The van der Waals surface area contributed by atoms with E-state index in [0.29, 0.717) is 6.41 Å². The van der Waals surface area contributed by atoms with Crippen LogP contribution in [-0.4, -0.2) is 41.9 Å². The first-order valence-electron chi connectivity index (χ1n) is 5.06. The monoisotopic (exact) mass is 242 g/mol. The zero-order valence-corrected chi connectivity index (χ0v) is 10.0. The lowest BCUT2D eigenvalue weighted by atomic mass is 10.4. The molecule has 0 aliphatic heterocycles. The van der Waals surface area contributed by atoms with Gasteiger partial charge in [0, 0.05) is 6.20 Å². The highest BCUT2D eigenvalue weighted by Gasteiger charge is 2.12. The topological polar surface area (TPSA) is 78.9 Å². The summed E-state index contributed by atoms with van der Waals surface area (Å²) in [6.45, 7) is 6.78. The molecular formula is C11H18N2O4. The van der Waals surface area contributed by atoms with Crippen LogP contribution in [0.3, 0.4) is 0 Å². The summed E-state index contributed by atoms with van der Waals surface area (Å²) < 4.78 is 5.21. The molecule has 0 saturated heterocycles. The van der Waals surface area contributed by atoms with Crippen LogP contribution in [0, 0.1) is 0 Å². The van der Waals surface area contributed by atoms with Gasteiger partial charge in [0.2, 0.25) is 6.41 Å². The molecule has 0 aromatic rings. The molecule has 0 heterocycles. The summed E-state index contributed by atoms with van der Waals surface area (Å²) in [6.07, 6.45) is 2.71. The minimum Gasteiger partial charge on any atom is -0.393 e. The van der Waals surface area contributed by atoms with Gasteiger partial charge < -0.3 is 9.84 Å². The van der Waals surface area contributed by atoms with Gasteiger partial charge in [0.15, 0.2) is 0 Å². The van der Waals surface area contributed by atoms with Crippen molar-refractivity contribution in [2.75, 3.05) is 13.3 Å². The van der Waals surface area contributed by atoms with Gasteiger partial charge in [-0.05, 0) is 13.8 Å². The second-order valence-corrected chi connectivity index (χ2v) is 3.50. The quantitative estimate of drug-likeness (QED) is 0.389. The fourth-order valence-electron chi connectivity index (χ4n) is 0.971. The Bertz CT molecular complexity index is 298. The van der Waals surface area contributed by atoms with Gasteiger partial charge in [0.05, 0.1) is 6.61 Å². The summed E-state index contributed by atoms with van der Waals surface area (Å²) >= 11 is 0. The summed E-state index contributed by atoms with van der Waals surface area (Å²) in [5.74, 6) is 0. The summed E-state index contributed by atoms with van der Waals surface area (Å²) in [6, 6.07) is -0.595. The van der Waals surface area contributed by atoms with E-state index in [0.717, 1.165) is 5.57 Å². The summed E-state index contributed by atoms with van der Waals surface area (Å²) in [5.41, 5.74) is 0.869. The number of nitrogens with zero attached hydrogens (tertiary/aromatic N) is 1. The number of aliphatic hydroxyl groups excluding tert-OH is 1. The maximum atomic E-state index is 11.4. The largest absolute Gasteiger partial charge is 0.393 e. The summed E-state index contributed by atoms with van der Waals surface area (Å²) in [4.78, 5) is 22.8. The maximum absolute atomic E-state index is 11.4. The van der Waals surface area contributed by atoms with Gasteiger partial charge in [-0.1, -0.05) is 11.6 Å². The molecule has 0 fully saturated rings. The number of hydrogen-bond acceptors (Lipinski definition) is 4. The molecule has 0 aliphatic carbocycles. The van der Waals surface area contributed by atoms with Crippen molar-refractivity contribution in [1.29, 1.82) is 0 Å². The summed E-state index contributed by atoms with van der Waals surface area (Å²) in [5, 5.41) is 10.9. The molecule has 0 aromatic carbocycles. The smallest absolute Gasteiger partial charge is 0.329 e. The molecule has 17 heavy (non-hydrogen) atoms. The predicted molar refractivity (Wildman–Crippen MR) is 62.9 cm³/mol. The van der Waals surface area contributed by atoms with E-state index in [-0.39, 0.29) is 13.3 Å². The van der Waals surface area contributed by atoms with Crippen LogP contribution in [0.5, 0.6) is 0 Å². The van der Waals surface area contributed by atoms with Crippen LogP contribution in [0.1, 0.15) is 13.8 Å². The highest BCUT2D eigenvalue weighted by atomic mass is 16.5. The minimum absolute atomic E-state index is 0.0812. The zero-order valence-electron chi connectivity index (χ0n) is 10.0. The second-order valence-electron chi connectivity index (χ2n) is 3.50. The lowest BCUT2D eigenvalue weighted by Gasteiger charge is -2.20. The van der Waals surface area contributed by atoms with E-state index in [1.54, 1.807) is 13.8 Å². The number of nitrogens with one attached hydrogen (secondary N) is 1. The van der Waals surface area contributed by atoms with Crippen LogP contribution in [0.25, 0.3) is 0 Å². The molecule has 1 atom stereocenters. The average Bonchev–Trinajstić information content (AvgIpc) is 2.28. The Hall–Kier alpha value is -1.66. The minimum atomic E-state index is -0.595. The summed E-state index contributed by atoms with van der Waals surface area (Å²) in [7, 11) is 0. The first-order chi connectivity index (χ1) is 8.04. The third kappa shape index (κ3) is 6.49. The molecule has 0 rings (SSSR count). The second kappa shape index (κ2) is 8.49. The number of ether oxygens (including phenoxy) is 1. The van der Waals surface area contributed by atoms with Crippen molar-refractivity contribution in [3.63, 3.8) is 0 Å². The molecule has 0 aliphatic rings. The molecule has 0 aromatic heterocycles. The molecule has 6 nitrogen and oxygen atoms in total. The van der Waals surface area contributed by atoms with E-state index in [4.69, 9.17) is 9.84 Å². The van der Waals surface area contributed by atoms with Crippen LogP contribution in [0.4, 0.5) is 4.79 Å². The number of urea groups is 1. The number of amides is 3. The zero-order chi connectivity index (χ0) is 13.3. The van der Waals surface area contributed by atoms with Gasteiger partial charge in [0.25, 0.3) is 0 Å². The fraction of sp³-hybridized carbons (Fsp3) is 0.455. The molecule has 0 spiro atoms. The van der Waals surface area contributed by atoms with Crippen molar-refractivity contribution >= 4 is 12.4 Å². The van der Waals surface area contributed by atoms with E-state index >= 15 is 0 Å². The van der Waals surface area contributed by atoms with Crippen molar-refractivity contribution in [2.45, 2.75) is 20.0 Å². The van der Waals surface area contributed by atoms with E-state index < -0.39 is 12.1 Å². The molecule has 3 amide bonds. The Labute approximate surface area is 101 Å². The lowest BCUT2D eigenvalue weighted by molar-refractivity contribution is -0.108. The van der Waals surface area contributed by atoms with Gasteiger partial charge in [-0.15, -0.1) is 6.58 Å². The first kappa shape index (κ1) is 15.3. The molecular weight excluding hydrogens is 224 g/mol. The van der Waals surface area contributed by atoms with E-state index in [1.165, 1.54) is 17.2 Å². The van der Waals surface area contributed by atoms with E-state index in [1.807, 2.05) is 5.32 Å². The highest BCUT2D eigenvalue weighted by Crippen LogP contribution is 2.01. The molecule has 0 unspecified atom stereocenters. The fourth-order valence-corrected chi connectivity index (χ4v) is 0.971. The Morgan fingerprint density at radius 2 is 2.24 bits per heavy atom. The lowest BCUT2D eigenvalue weighted by Crippen LogP contribution is -2.38. The van der Waals surface area contributed by atoms with Crippen LogP contribution in [-0.2, 0) is 9.53 Å². The van der Waals surface area contributed by atoms with Crippen LogP contribution in [0.2, 0.25) is 0 Å². The van der Waals surface area contributed by atoms with Gasteiger partial charge in [-0.25, -0.2) is 4.79 Å². The molecule has 6 heteroatoms. The third-order valence-corrected chi connectivity index (χ3v) is 1.73. The number of carbonyl (C=O) groups excluding carboxylic acids is 2. The Balaban J connectivity index is 4.49. The number of aliphatic hydroxyl groups is 1. The van der Waals surface area contributed by atoms with E-state index in [9.17, 15) is 9.59 Å². The number of carbonyl (C=O) groups is 2. The van der Waals surface area contributed by atoms with Crippen molar-refractivity contribution in [3.05, 3.63) is 24.4 Å². The van der Waals surface area contributed by atoms with Crippen LogP contribution < -0.4 is 5.32 Å². The van der Waals surface area contributed by atoms with Crippen LogP contribution >= 0.6 is 0 Å². The molecule has 0 radical (unpaired) electrons. The van der Waals surface area contributed by atoms with Gasteiger partial charge in [0.1, 0.15) is 12.8 Å². The standard InChI is InChI=1S/C11H18N2O4/c1-4-10(6-14)17-8-13(5-9(2)3)11(16)12-7-15/h4-5,7,10,14H,1,6,8H2,2-3H3,(H,12,15,16)/t10-/m0/s1. The SMILES string of the molecule is C=C[C@@H](CO)OCN(C=C(C)C)C(=O)NC=O. The van der Waals surface area contributed by atoms with E-state index in [2.05, 4.69) is 6.58 Å². The van der Waals surface area contributed by atoms with Gasteiger partial charge in [-0.2, -0.15) is 0 Å². The van der Waals surface area contributed by atoms with Gasteiger partial charge >= 0.3 is 6.03 Å². The maximum Gasteiger partial charge on any atom is 0.329 e. The number of allylic oxidation sites excluding steroid dienone is 1. The molecule has 2 N–H and O–H groups in total. The van der Waals surface area contributed by atoms with Crippen molar-refractivity contribution in [3.8, 4) is 0 Å². The number of imide groups is 1. The van der Waals surface area contributed by atoms with Crippen molar-refractivity contribution in [2.24, 2.45) is 0 Å². The predicted octanol–water partition coefficient (Wildman–Crippen LogP) is 0.599. The average molecular weight is 242 g/mol. The highest BCUT2D eigenvalue weighted by molar-refractivity contribution is 5.85. The molecule has 0 saturated carbocycles. The Morgan fingerprint density at radius 1 is 1.59 bits per heavy atom. The first-order valence-corrected chi connectivity index (χ1v) is 5.06. The van der Waals surface area contributed by atoms with Crippen molar-refractivity contribution < 1.29 is 19.4 Å². The molecule has 0 bridgehead atoms.